The average molecular weight is 265 g/mol. The predicted molar refractivity (Wildman–Crippen MR) is 67.1 cm³/mol. The summed E-state index contributed by atoms with van der Waals surface area (Å²) < 4.78 is 4.79. The second-order valence-electron chi connectivity index (χ2n) is 3.59. The molecule has 5 nitrogen and oxygen atoms in total. The fourth-order valence-corrected chi connectivity index (χ4v) is 1.35. The van der Waals surface area contributed by atoms with Crippen molar-refractivity contribution >= 4 is 23.4 Å². The van der Waals surface area contributed by atoms with E-state index in [0.717, 1.165) is 12.8 Å². The van der Waals surface area contributed by atoms with Crippen LogP contribution in [0.3, 0.4) is 0 Å². The van der Waals surface area contributed by atoms with Crippen LogP contribution >= 0.6 is 11.6 Å². The number of ether oxygens (including phenoxy) is 1. The first-order valence-electron chi connectivity index (χ1n) is 5.79. The minimum absolute atomic E-state index is 0.0280. The molecule has 0 atom stereocenters. The van der Waals surface area contributed by atoms with Gasteiger partial charge in [0.2, 0.25) is 11.8 Å². The SMILES string of the molecule is COCCNC(=O)CCNC(=O)CCCCCl. The molecular weight excluding hydrogens is 244 g/mol. The van der Waals surface area contributed by atoms with E-state index < -0.39 is 0 Å². The maximum Gasteiger partial charge on any atom is 0.221 e. The van der Waals surface area contributed by atoms with Gasteiger partial charge in [-0.2, -0.15) is 0 Å². The van der Waals surface area contributed by atoms with Crippen LogP contribution in [0.15, 0.2) is 0 Å². The van der Waals surface area contributed by atoms with Crippen molar-refractivity contribution in [3.8, 4) is 0 Å². The minimum Gasteiger partial charge on any atom is -0.383 e. The number of alkyl halides is 1. The van der Waals surface area contributed by atoms with Gasteiger partial charge in [0.05, 0.1) is 6.61 Å². The van der Waals surface area contributed by atoms with E-state index in [0.29, 0.717) is 38.4 Å². The first kappa shape index (κ1) is 16.2. The average Bonchev–Trinajstić information content (AvgIpc) is 2.30. The molecule has 0 aromatic carbocycles. The second kappa shape index (κ2) is 11.7. The topological polar surface area (TPSA) is 67.4 Å². The first-order chi connectivity index (χ1) is 8.20. The fraction of sp³-hybridized carbons (Fsp3) is 0.818. The highest BCUT2D eigenvalue weighted by atomic mass is 35.5. The zero-order chi connectivity index (χ0) is 12.9. The Hall–Kier alpha value is -0.810. The molecule has 0 aromatic heterocycles. The molecule has 0 aromatic rings. The minimum atomic E-state index is -0.0805. The van der Waals surface area contributed by atoms with Crippen LogP contribution in [0.2, 0.25) is 0 Å². The number of amides is 2. The lowest BCUT2D eigenvalue weighted by Gasteiger charge is -2.06. The van der Waals surface area contributed by atoms with Crippen molar-refractivity contribution in [2.45, 2.75) is 25.7 Å². The highest BCUT2D eigenvalue weighted by Crippen LogP contribution is 1.96. The fourth-order valence-electron chi connectivity index (χ4n) is 1.16. The van der Waals surface area contributed by atoms with Gasteiger partial charge in [-0.15, -0.1) is 11.6 Å². The van der Waals surface area contributed by atoms with Crippen LogP contribution in [0.1, 0.15) is 25.7 Å². The summed E-state index contributed by atoms with van der Waals surface area (Å²) in [6.45, 7) is 1.37. The van der Waals surface area contributed by atoms with Gasteiger partial charge < -0.3 is 15.4 Å². The van der Waals surface area contributed by atoms with Gasteiger partial charge in [0.25, 0.3) is 0 Å². The normalized spacial score (nSPS) is 10.0. The Kier molecular flexibility index (Phi) is 11.1. The molecule has 0 aliphatic carbocycles. The molecule has 2 amide bonds. The van der Waals surface area contributed by atoms with E-state index in [1.54, 1.807) is 7.11 Å². The number of unbranched alkanes of at least 4 members (excludes halogenated alkanes) is 1. The molecule has 0 spiro atoms. The maximum atomic E-state index is 11.3. The highest BCUT2D eigenvalue weighted by Gasteiger charge is 2.03. The van der Waals surface area contributed by atoms with Gasteiger partial charge in [0.1, 0.15) is 0 Å². The lowest BCUT2D eigenvalue weighted by molar-refractivity contribution is -0.122. The summed E-state index contributed by atoms with van der Waals surface area (Å²) in [5.74, 6) is 0.470. The number of rotatable bonds is 10. The summed E-state index contributed by atoms with van der Waals surface area (Å²) in [7, 11) is 1.58. The summed E-state index contributed by atoms with van der Waals surface area (Å²) >= 11 is 5.50. The number of carbonyl (C=O) groups is 2. The van der Waals surface area contributed by atoms with E-state index in [2.05, 4.69) is 10.6 Å². The second-order valence-corrected chi connectivity index (χ2v) is 3.97. The molecule has 0 heterocycles. The Balaban J connectivity index is 3.36. The van der Waals surface area contributed by atoms with Gasteiger partial charge in [-0.05, 0) is 12.8 Å². The van der Waals surface area contributed by atoms with Gasteiger partial charge in [-0.25, -0.2) is 0 Å². The van der Waals surface area contributed by atoms with Crippen molar-refractivity contribution in [3.05, 3.63) is 0 Å². The summed E-state index contributed by atoms with van der Waals surface area (Å²) in [5.41, 5.74) is 0. The van der Waals surface area contributed by atoms with Gasteiger partial charge in [0.15, 0.2) is 0 Å². The third-order valence-corrected chi connectivity index (χ3v) is 2.36. The van der Waals surface area contributed by atoms with E-state index in [9.17, 15) is 9.59 Å². The van der Waals surface area contributed by atoms with Gasteiger partial charge in [0, 0.05) is 38.9 Å². The molecule has 0 radical (unpaired) electrons. The Labute approximate surface area is 107 Å². The zero-order valence-corrected chi connectivity index (χ0v) is 11.0. The molecule has 0 saturated heterocycles. The van der Waals surface area contributed by atoms with Crippen LogP contribution in [0, 0.1) is 0 Å². The van der Waals surface area contributed by atoms with E-state index in [1.165, 1.54) is 0 Å². The monoisotopic (exact) mass is 264 g/mol. The third-order valence-electron chi connectivity index (χ3n) is 2.09. The van der Waals surface area contributed by atoms with Crippen molar-refractivity contribution in [1.29, 1.82) is 0 Å². The van der Waals surface area contributed by atoms with Crippen LogP contribution in [-0.2, 0) is 14.3 Å². The highest BCUT2D eigenvalue weighted by molar-refractivity contribution is 6.17. The van der Waals surface area contributed by atoms with Crippen molar-refractivity contribution in [3.63, 3.8) is 0 Å². The smallest absolute Gasteiger partial charge is 0.221 e. The largest absolute Gasteiger partial charge is 0.383 e. The number of hydrogen-bond acceptors (Lipinski definition) is 3. The predicted octanol–water partition coefficient (Wildman–Crippen LogP) is 0.664. The number of methoxy groups -OCH3 is 1. The molecule has 0 aliphatic rings. The molecule has 0 saturated carbocycles. The molecule has 0 aliphatic heterocycles. The molecule has 100 valence electrons. The van der Waals surface area contributed by atoms with E-state index >= 15 is 0 Å². The van der Waals surface area contributed by atoms with Crippen LogP contribution in [0.4, 0.5) is 0 Å². The molecular formula is C11H21ClN2O3. The Morgan fingerprint density at radius 1 is 1.06 bits per heavy atom. The van der Waals surface area contributed by atoms with Gasteiger partial charge in [-0.3, -0.25) is 9.59 Å². The van der Waals surface area contributed by atoms with Crippen LogP contribution < -0.4 is 10.6 Å². The first-order valence-corrected chi connectivity index (χ1v) is 6.32. The van der Waals surface area contributed by atoms with E-state index in [-0.39, 0.29) is 11.8 Å². The quantitative estimate of drug-likeness (QED) is 0.450. The van der Waals surface area contributed by atoms with Crippen molar-refractivity contribution in [2.24, 2.45) is 0 Å². The zero-order valence-electron chi connectivity index (χ0n) is 10.3. The summed E-state index contributed by atoms with van der Waals surface area (Å²) in [5, 5.41) is 5.37. The Morgan fingerprint density at radius 2 is 1.71 bits per heavy atom. The third kappa shape index (κ3) is 11.5. The summed E-state index contributed by atoms with van der Waals surface area (Å²) in [6.07, 6.45) is 2.39. The van der Waals surface area contributed by atoms with Crippen molar-refractivity contribution in [1.82, 2.24) is 10.6 Å². The lowest BCUT2D eigenvalue weighted by Crippen LogP contribution is -2.32. The molecule has 2 N–H and O–H groups in total. The van der Waals surface area contributed by atoms with E-state index in [4.69, 9.17) is 16.3 Å². The van der Waals surface area contributed by atoms with Crippen LogP contribution in [0.25, 0.3) is 0 Å². The van der Waals surface area contributed by atoms with Crippen LogP contribution in [-0.4, -0.2) is 44.5 Å². The Morgan fingerprint density at radius 3 is 2.35 bits per heavy atom. The van der Waals surface area contributed by atoms with Crippen molar-refractivity contribution < 1.29 is 14.3 Å². The Bertz CT molecular complexity index is 203. The lowest BCUT2D eigenvalue weighted by atomic mass is 10.2. The molecule has 0 rings (SSSR count). The maximum absolute atomic E-state index is 11.3. The molecule has 0 fully saturated rings. The number of halogens is 1. The molecule has 17 heavy (non-hydrogen) atoms. The van der Waals surface area contributed by atoms with Gasteiger partial charge >= 0.3 is 0 Å². The molecule has 6 heteroatoms. The summed E-state index contributed by atoms with van der Waals surface area (Å²) in [4.78, 5) is 22.5. The number of hydrogen-bond donors (Lipinski definition) is 2. The van der Waals surface area contributed by atoms with Crippen molar-refractivity contribution in [2.75, 3.05) is 32.7 Å². The summed E-state index contributed by atoms with van der Waals surface area (Å²) in [6, 6.07) is 0. The number of carbonyl (C=O) groups excluding carboxylic acids is 2. The van der Waals surface area contributed by atoms with E-state index in [1.807, 2.05) is 0 Å². The number of nitrogens with one attached hydrogen (secondary N) is 2. The van der Waals surface area contributed by atoms with Crippen LogP contribution in [0.5, 0.6) is 0 Å². The standard InChI is InChI=1S/C11H21ClN2O3/c1-17-9-8-14-11(16)5-7-13-10(15)4-2-3-6-12/h2-9H2,1H3,(H,13,15)(H,14,16). The molecule has 0 unspecified atom stereocenters. The molecule has 0 bridgehead atoms. The van der Waals surface area contributed by atoms with Gasteiger partial charge in [-0.1, -0.05) is 0 Å².